The molecule has 5 nitrogen and oxygen atoms in total. The molecule has 6 aliphatic rings. The standard InChI is InChI=1S/C38H61NO4/c1-25(2)26-14-19-38(24-43-32(42)13-12-31(41)39-22-8-9-23-39)21-20-36(6)27(33(26)38)10-11-29-35(5)17-16-30(40)34(3,4)28(35)15-18-37(29,36)7/h26-30,33,40H,1,8-24H2,2-7H3/t26-,27+,28-,29+,30-,33+,35-,36+,37+,38+/m0/s1. The molecule has 1 amide bonds. The van der Waals surface area contributed by atoms with E-state index in [-0.39, 0.29) is 57.9 Å². The fourth-order valence-corrected chi connectivity index (χ4v) is 13.2. The maximum atomic E-state index is 13.0. The number of hydrogen-bond donors (Lipinski definition) is 1. The Kier molecular flexibility index (Phi) is 7.99. The molecular formula is C38H61NO4. The Hall–Kier alpha value is -1.36. The highest BCUT2D eigenvalue weighted by molar-refractivity contribution is 5.81. The Morgan fingerprint density at radius 3 is 2.26 bits per heavy atom. The number of amides is 1. The smallest absolute Gasteiger partial charge is 0.306 e. The molecule has 5 saturated carbocycles. The van der Waals surface area contributed by atoms with Crippen molar-refractivity contribution in [2.75, 3.05) is 19.7 Å². The number of esters is 1. The summed E-state index contributed by atoms with van der Waals surface area (Å²) in [7, 11) is 0. The zero-order valence-corrected chi connectivity index (χ0v) is 28.3. The van der Waals surface area contributed by atoms with Crippen LogP contribution >= 0.6 is 0 Å². The Balaban J connectivity index is 1.22. The van der Waals surface area contributed by atoms with Crippen molar-refractivity contribution >= 4 is 11.9 Å². The van der Waals surface area contributed by atoms with Gasteiger partial charge in [-0.1, -0.05) is 46.8 Å². The molecule has 1 heterocycles. The average molecular weight is 596 g/mol. The van der Waals surface area contributed by atoms with Crippen molar-refractivity contribution in [1.29, 1.82) is 0 Å². The summed E-state index contributed by atoms with van der Waals surface area (Å²) in [5.41, 5.74) is 2.13. The van der Waals surface area contributed by atoms with Gasteiger partial charge < -0.3 is 14.7 Å². The predicted molar refractivity (Wildman–Crippen MR) is 171 cm³/mol. The number of aliphatic hydroxyl groups is 1. The highest BCUT2D eigenvalue weighted by Crippen LogP contribution is 2.77. The number of likely N-dealkylation sites (tertiary alicyclic amines) is 1. The number of aliphatic hydroxyl groups excluding tert-OH is 1. The Morgan fingerprint density at radius 1 is 0.837 bits per heavy atom. The molecule has 6 fully saturated rings. The number of hydrogen-bond acceptors (Lipinski definition) is 4. The van der Waals surface area contributed by atoms with Crippen LogP contribution in [-0.2, 0) is 14.3 Å². The highest BCUT2D eigenvalue weighted by atomic mass is 16.5. The van der Waals surface area contributed by atoms with Crippen molar-refractivity contribution in [3.63, 3.8) is 0 Å². The molecular weight excluding hydrogens is 534 g/mol. The molecule has 43 heavy (non-hydrogen) atoms. The van der Waals surface area contributed by atoms with Gasteiger partial charge in [-0.2, -0.15) is 0 Å². The first kappa shape index (κ1) is 31.6. The van der Waals surface area contributed by atoms with Crippen LogP contribution < -0.4 is 0 Å². The lowest BCUT2D eigenvalue weighted by atomic mass is 9.32. The van der Waals surface area contributed by atoms with Gasteiger partial charge in [0, 0.05) is 24.9 Å². The first-order valence-electron chi connectivity index (χ1n) is 18.0. The molecule has 1 saturated heterocycles. The quantitative estimate of drug-likeness (QED) is 0.250. The number of nitrogens with zero attached hydrogens (tertiary/aromatic N) is 1. The number of fused-ring (bicyclic) bond motifs is 7. The minimum atomic E-state index is -0.197. The van der Waals surface area contributed by atoms with Crippen LogP contribution in [-0.4, -0.2) is 47.7 Å². The second-order valence-electron chi connectivity index (χ2n) is 17.7. The highest BCUT2D eigenvalue weighted by Gasteiger charge is 2.71. The maximum Gasteiger partial charge on any atom is 0.306 e. The van der Waals surface area contributed by atoms with Crippen molar-refractivity contribution < 1.29 is 19.4 Å². The van der Waals surface area contributed by atoms with Crippen LogP contribution in [0.5, 0.6) is 0 Å². The molecule has 242 valence electrons. The molecule has 10 atom stereocenters. The molecule has 0 aromatic rings. The molecule has 6 rings (SSSR count). The number of carbonyl (C=O) groups is 2. The minimum absolute atomic E-state index is 0.0206. The lowest BCUT2D eigenvalue weighted by molar-refractivity contribution is -0.250. The zero-order valence-electron chi connectivity index (χ0n) is 28.3. The molecule has 0 aromatic heterocycles. The SMILES string of the molecule is C=C(C)[C@@H]1CC[C@]2(COC(=O)CCC(=O)N3CCCC3)CC[C@]3(C)[C@H](CC[C@@H]4[C@@]5(C)CC[C@H](O)C(C)(C)[C@@H]5CC[C@]43C)[C@@H]12. The lowest BCUT2D eigenvalue weighted by Crippen LogP contribution is -2.66. The van der Waals surface area contributed by atoms with Crippen LogP contribution in [0.3, 0.4) is 0 Å². The molecule has 5 heteroatoms. The normalized spacial score (nSPS) is 46.7. The van der Waals surface area contributed by atoms with Gasteiger partial charge in [-0.25, -0.2) is 0 Å². The van der Waals surface area contributed by atoms with Crippen LogP contribution in [0.2, 0.25) is 0 Å². The van der Waals surface area contributed by atoms with Crippen LogP contribution in [0.4, 0.5) is 0 Å². The van der Waals surface area contributed by atoms with E-state index in [1.54, 1.807) is 0 Å². The largest absolute Gasteiger partial charge is 0.465 e. The van der Waals surface area contributed by atoms with Gasteiger partial charge in [0.2, 0.25) is 5.91 Å². The first-order valence-corrected chi connectivity index (χ1v) is 18.0. The average Bonchev–Trinajstić information content (AvgIpc) is 3.63. The molecule has 0 bridgehead atoms. The summed E-state index contributed by atoms with van der Waals surface area (Å²) in [4.78, 5) is 27.5. The van der Waals surface area contributed by atoms with Gasteiger partial charge >= 0.3 is 5.97 Å². The third-order valence-corrected chi connectivity index (χ3v) is 15.7. The van der Waals surface area contributed by atoms with Gasteiger partial charge in [0.1, 0.15) is 0 Å². The van der Waals surface area contributed by atoms with Crippen LogP contribution in [0.25, 0.3) is 0 Å². The van der Waals surface area contributed by atoms with Gasteiger partial charge in [0.15, 0.2) is 0 Å². The van der Waals surface area contributed by atoms with E-state index in [9.17, 15) is 14.7 Å². The summed E-state index contributed by atoms with van der Waals surface area (Å²) in [6.45, 7) is 21.5. The number of ether oxygens (including phenoxy) is 1. The topological polar surface area (TPSA) is 66.8 Å². The second-order valence-corrected chi connectivity index (χ2v) is 17.7. The Morgan fingerprint density at radius 2 is 1.56 bits per heavy atom. The lowest BCUT2D eigenvalue weighted by Gasteiger charge is -2.73. The van der Waals surface area contributed by atoms with E-state index in [1.807, 2.05) is 4.90 Å². The number of carbonyl (C=O) groups excluding carboxylic acids is 2. The van der Waals surface area contributed by atoms with Crippen molar-refractivity contribution in [1.82, 2.24) is 4.90 Å². The van der Waals surface area contributed by atoms with Crippen molar-refractivity contribution in [3.05, 3.63) is 12.2 Å². The van der Waals surface area contributed by atoms with Gasteiger partial charge in [-0.15, -0.1) is 0 Å². The fraction of sp³-hybridized carbons (Fsp3) is 0.895. The van der Waals surface area contributed by atoms with E-state index in [0.717, 1.165) is 58.0 Å². The van der Waals surface area contributed by atoms with Gasteiger partial charge in [0.25, 0.3) is 0 Å². The summed E-state index contributed by atoms with van der Waals surface area (Å²) in [5.74, 6) is 2.80. The van der Waals surface area contributed by atoms with E-state index in [0.29, 0.717) is 36.2 Å². The Labute approximate surface area is 262 Å². The number of allylic oxidation sites excluding steroid dienone is 1. The predicted octanol–water partition coefficient (Wildman–Crippen LogP) is 7.95. The summed E-state index contributed by atoms with van der Waals surface area (Å²) < 4.78 is 6.13. The monoisotopic (exact) mass is 595 g/mol. The van der Waals surface area contributed by atoms with Gasteiger partial charge in [-0.05, 0) is 135 Å². The Bertz CT molecular complexity index is 1120. The molecule has 0 radical (unpaired) electrons. The van der Waals surface area contributed by atoms with Crippen LogP contribution in [0.1, 0.15) is 131 Å². The van der Waals surface area contributed by atoms with Crippen molar-refractivity contribution in [3.8, 4) is 0 Å². The van der Waals surface area contributed by atoms with Crippen LogP contribution in [0.15, 0.2) is 12.2 Å². The van der Waals surface area contributed by atoms with Crippen LogP contribution in [0, 0.1) is 56.7 Å². The fourth-order valence-electron chi connectivity index (χ4n) is 13.2. The minimum Gasteiger partial charge on any atom is -0.465 e. The summed E-state index contributed by atoms with van der Waals surface area (Å²) in [6.07, 6.45) is 14.2. The maximum absolute atomic E-state index is 13.0. The summed E-state index contributed by atoms with van der Waals surface area (Å²) in [6, 6.07) is 0. The molecule has 0 spiro atoms. The van der Waals surface area contributed by atoms with E-state index in [4.69, 9.17) is 4.74 Å². The van der Waals surface area contributed by atoms with Gasteiger partial charge in [0.05, 0.1) is 19.1 Å². The molecule has 5 aliphatic carbocycles. The molecule has 1 N–H and O–H groups in total. The summed E-state index contributed by atoms with van der Waals surface area (Å²) in [5, 5.41) is 11.0. The third-order valence-electron chi connectivity index (χ3n) is 15.7. The molecule has 0 unspecified atom stereocenters. The van der Waals surface area contributed by atoms with E-state index in [1.165, 1.54) is 37.7 Å². The molecule has 0 aromatic carbocycles. The number of rotatable bonds is 6. The second kappa shape index (κ2) is 10.9. The van der Waals surface area contributed by atoms with E-state index in [2.05, 4.69) is 48.1 Å². The first-order chi connectivity index (χ1) is 20.2. The van der Waals surface area contributed by atoms with E-state index >= 15 is 0 Å². The molecule has 1 aliphatic heterocycles. The van der Waals surface area contributed by atoms with E-state index < -0.39 is 0 Å². The zero-order chi connectivity index (χ0) is 31.0. The summed E-state index contributed by atoms with van der Waals surface area (Å²) >= 11 is 0. The third kappa shape index (κ3) is 4.70. The van der Waals surface area contributed by atoms with Crippen molar-refractivity contribution in [2.24, 2.45) is 56.7 Å². The van der Waals surface area contributed by atoms with Gasteiger partial charge in [-0.3, -0.25) is 9.59 Å². The van der Waals surface area contributed by atoms with Crippen molar-refractivity contribution in [2.45, 2.75) is 138 Å².